The second-order valence-electron chi connectivity index (χ2n) is 7.30. The van der Waals surface area contributed by atoms with Crippen LogP contribution in [-0.2, 0) is 11.8 Å². The molecule has 0 bridgehead atoms. The van der Waals surface area contributed by atoms with E-state index in [1.165, 1.54) is 17.4 Å². The molecule has 32 heavy (non-hydrogen) atoms. The van der Waals surface area contributed by atoms with Crippen LogP contribution in [0.1, 0.15) is 20.3 Å². The summed E-state index contributed by atoms with van der Waals surface area (Å²) in [6.07, 6.45) is 0.361. The van der Waals surface area contributed by atoms with Gasteiger partial charge in [-0.1, -0.05) is 11.8 Å². The molecule has 8 nitrogen and oxygen atoms in total. The van der Waals surface area contributed by atoms with Crippen molar-refractivity contribution < 1.29 is 14.3 Å². The predicted molar refractivity (Wildman–Crippen MR) is 127 cm³/mol. The smallest absolute Gasteiger partial charge is 0.231 e. The van der Waals surface area contributed by atoms with Crippen molar-refractivity contribution in [2.75, 3.05) is 35.9 Å². The van der Waals surface area contributed by atoms with E-state index in [0.717, 1.165) is 29.6 Å². The van der Waals surface area contributed by atoms with Crippen LogP contribution in [0.15, 0.2) is 47.6 Å². The fourth-order valence-electron chi connectivity index (χ4n) is 3.53. The molecule has 3 aromatic rings. The van der Waals surface area contributed by atoms with Crippen LogP contribution in [0.2, 0.25) is 0 Å². The van der Waals surface area contributed by atoms with Gasteiger partial charge in [0.15, 0.2) is 22.5 Å². The highest BCUT2D eigenvalue weighted by Crippen LogP contribution is 2.34. The maximum Gasteiger partial charge on any atom is 0.231 e. The van der Waals surface area contributed by atoms with Gasteiger partial charge in [-0.15, -0.1) is 10.2 Å². The van der Waals surface area contributed by atoms with Crippen molar-refractivity contribution in [3.8, 4) is 22.9 Å². The minimum atomic E-state index is -0.0641. The quantitative estimate of drug-likeness (QED) is 0.487. The zero-order valence-electron chi connectivity index (χ0n) is 18.5. The lowest BCUT2D eigenvalue weighted by Crippen LogP contribution is -2.21. The van der Waals surface area contributed by atoms with Crippen molar-refractivity contribution in [2.24, 2.45) is 7.05 Å². The number of carbonyl (C=O) groups is 1. The molecule has 0 aliphatic carbocycles. The summed E-state index contributed by atoms with van der Waals surface area (Å²) in [6.45, 7) is 6.47. The van der Waals surface area contributed by atoms with E-state index in [9.17, 15) is 4.79 Å². The van der Waals surface area contributed by atoms with E-state index in [2.05, 4.69) is 58.5 Å². The molecule has 1 amide bonds. The number of anilines is 2. The summed E-state index contributed by atoms with van der Waals surface area (Å²) in [6, 6.07) is 13.7. The lowest BCUT2D eigenvalue weighted by atomic mass is 10.2. The van der Waals surface area contributed by atoms with Gasteiger partial charge in [-0.3, -0.25) is 4.79 Å². The number of nitrogens with zero attached hydrogens (tertiary/aromatic N) is 4. The SMILES string of the molecule is CCN(CC)c1ccc(-c2nnc(SCCC(=O)Nc3ccc4c(c3)OCO4)n2C)cc1. The molecule has 4 rings (SSSR count). The molecule has 0 saturated carbocycles. The van der Waals surface area contributed by atoms with Gasteiger partial charge in [0.1, 0.15) is 0 Å². The van der Waals surface area contributed by atoms with Crippen molar-refractivity contribution in [2.45, 2.75) is 25.4 Å². The zero-order valence-corrected chi connectivity index (χ0v) is 19.3. The van der Waals surface area contributed by atoms with Crippen molar-refractivity contribution in [1.82, 2.24) is 14.8 Å². The number of benzene rings is 2. The Hall–Kier alpha value is -3.20. The van der Waals surface area contributed by atoms with Crippen molar-refractivity contribution in [3.05, 3.63) is 42.5 Å². The van der Waals surface area contributed by atoms with Crippen LogP contribution in [0.5, 0.6) is 11.5 Å². The number of rotatable bonds is 9. The normalized spacial score (nSPS) is 12.1. The molecular weight excluding hydrogens is 426 g/mol. The summed E-state index contributed by atoms with van der Waals surface area (Å²) in [4.78, 5) is 14.6. The Kier molecular flexibility index (Phi) is 6.84. The highest BCUT2D eigenvalue weighted by Gasteiger charge is 2.15. The Labute approximate surface area is 191 Å². The van der Waals surface area contributed by atoms with Crippen LogP contribution in [0.3, 0.4) is 0 Å². The minimum Gasteiger partial charge on any atom is -0.454 e. The molecule has 0 unspecified atom stereocenters. The first-order chi connectivity index (χ1) is 15.6. The molecule has 9 heteroatoms. The fourth-order valence-corrected chi connectivity index (χ4v) is 4.38. The number of ether oxygens (including phenoxy) is 2. The third kappa shape index (κ3) is 4.83. The minimum absolute atomic E-state index is 0.0641. The van der Waals surface area contributed by atoms with Gasteiger partial charge in [0.2, 0.25) is 12.7 Å². The molecule has 1 aliphatic heterocycles. The molecule has 0 fully saturated rings. The summed E-state index contributed by atoms with van der Waals surface area (Å²) in [7, 11) is 1.95. The van der Waals surface area contributed by atoms with Gasteiger partial charge in [0.05, 0.1) is 0 Å². The molecule has 1 aromatic heterocycles. The number of thioether (sulfide) groups is 1. The maximum atomic E-state index is 12.3. The Bertz CT molecular complexity index is 1080. The number of fused-ring (bicyclic) bond motifs is 1. The molecule has 0 saturated heterocycles. The predicted octanol–water partition coefficient (Wildman–Crippen LogP) is 4.18. The average molecular weight is 454 g/mol. The summed E-state index contributed by atoms with van der Waals surface area (Å²) < 4.78 is 12.6. The third-order valence-electron chi connectivity index (χ3n) is 5.31. The van der Waals surface area contributed by atoms with Crippen molar-refractivity contribution in [1.29, 1.82) is 0 Å². The van der Waals surface area contributed by atoms with Crippen LogP contribution in [-0.4, -0.2) is 46.3 Å². The van der Waals surface area contributed by atoms with E-state index in [0.29, 0.717) is 29.4 Å². The largest absolute Gasteiger partial charge is 0.454 e. The molecule has 1 aliphatic rings. The van der Waals surface area contributed by atoms with Gasteiger partial charge in [-0.25, -0.2) is 0 Å². The molecule has 0 radical (unpaired) electrons. The highest BCUT2D eigenvalue weighted by atomic mass is 32.2. The number of amides is 1. The molecular formula is C23H27N5O3S. The van der Waals surface area contributed by atoms with Crippen LogP contribution in [0, 0.1) is 0 Å². The number of aromatic nitrogens is 3. The molecule has 2 aromatic carbocycles. The molecule has 0 atom stereocenters. The Morgan fingerprint density at radius 2 is 1.84 bits per heavy atom. The van der Waals surface area contributed by atoms with Crippen LogP contribution >= 0.6 is 11.8 Å². The Balaban J connectivity index is 1.31. The van der Waals surface area contributed by atoms with Gasteiger partial charge in [0, 0.05) is 55.3 Å². The third-order valence-corrected chi connectivity index (χ3v) is 6.33. The van der Waals surface area contributed by atoms with E-state index in [4.69, 9.17) is 9.47 Å². The second-order valence-corrected chi connectivity index (χ2v) is 8.36. The highest BCUT2D eigenvalue weighted by molar-refractivity contribution is 7.99. The summed E-state index contributed by atoms with van der Waals surface area (Å²) in [5.74, 6) is 2.69. The van der Waals surface area contributed by atoms with E-state index in [-0.39, 0.29) is 12.7 Å². The van der Waals surface area contributed by atoms with Crippen LogP contribution in [0.4, 0.5) is 11.4 Å². The average Bonchev–Trinajstić information content (AvgIpc) is 3.41. The van der Waals surface area contributed by atoms with Crippen molar-refractivity contribution >= 4 is 29.0 Å². The number of hydrogen-bond donors (Lipinski definition) is 1. The molecule has 168 valence electrons. The Morgan fingerprint density at radius 3 is 2.59 bits per heavy atom. The van der Waals surface area contributed by atoms with Crippen LogP contribution < -0.4 is 19.7 Å². The standard InChI is InChI=1S/C23H27N5O3S/c1-4-28(5-2)18-9-6-16(7-10-18)22-25-26-23(27(22)3)32-13-12-21(29)24-17-8-11-19-20(14-17)31-15-30-19/h6-11,14H,4-5,12-13,15H2,1-3H3,(H,24,29). The fraction of sp³-hybridized carbons (Fsp3) is 0.348. The van der Waals surface area contributed by atoms with Crippen molar-refractivity contribution in [3.63, 3.8) is 0 Å². The number of hydrogen-bond acceptors (Lipinski definition) is 7. The first-order valence-corrected chi connectivity index (χ1v) is 11.6. The van der Waals surface area contributed by atoms with E-state index in [1.54, 1.807) is 18.2 Å². The number of carbonyl (C=O) groups excluding carboxylic acids is 1. The van der Waals surface area contributed by atoms with Crippen LogP contribution in [0.25, 0.3) is 11.4 Å². The first-order valence-electron chi connectivity index (χ1n) is 10.7. The lowest BCUT2D eigenvalue weighted by molar-refractivity contribution is -0.115. The van der Waals surface area contributed by atoms with E-state index >= 15 is 0 Å². The lowest BCUT2D eigenvalue weighted by Gasteiger charge is -2.21. The van der Waals surface area contributed by atoms with Gasteiger partial charge in [-0.05, 0) is 50.2 Å². The second kappa shape index (κ2) is 9.95. The zero-order chi connectivity index (χ0) is 22.5. The first kappa shape index (κ1) is 22.0. The number of nitrogens with one attached hydrogen (secondary N) is 1. The van der Waals surface area contributed by atoms with E-state index < -0.39 is 0 Å². The monoisotopic (exact) mass is 453 g/mol. The maximum absolute atomic E-state index is 12.3. The Morgan fingerprint density at radius 1 is 1.09 bits per heavy atom. The summed E-state index contributed by atoms with van der Waals surface area (Å²) in [5, 5.41) is 12.3. The van der Waals surface area contributed by atoms with Gasteiger partial charge in [-0.2, -0.15) is 0 Å². The topological polar surface area (TPSA) is 81.5 Å². The molecule has 1 N–H and O–H groups in total. The van der Waals surface area contributed by atoms with E-state index in [1.807, 2.05) is 11.6 Å². The summed E-state index contributed by atoms with van der Waals surface area (Å²) >= 11 is 1.51. The molecule has 2 heterocycles. The summed E-state index contributed by atoms with van der Waals surface area (Å²) in [5.41, 5.74) is 2.91. The van der Waals surface area contributed by atoms with Gasteiger partial charge < -0.3 is 24.3 Å². The van der Waals surface area contributed by atoms with Gasteiger partial charge >= 0.3 is 0 Å². The van der Waals surface area contributed by atoms with Gasteiger partial charge in [0.25, 0.3) is 0 Å². The molecule has 0 spiro atoms.